The number of carbonyl (C=O) groups excluding carboxylic acids is 3. The molecule has 0 aliphatic carbocycles. The number of hydrogen-bond donors (Lipinski definition) is 1. The van der Waals surface area contributed by atoms with Crippen LogP contribution in [0.5, 0.6) is 0 Å². The summed E-state index contributed by atoms with van der Waals surface area (Å²) in [6, 6.07) is 24.9. The lowest BCUT2D eigenvalue weighted by Gasteiger charge is -2.43. The van der Waals surface area contributed by atoms with Crippen LogP contribution in [-0.4, -0.2) is 51.9 Å². The number of nitrogens with one attached hydrogen (secondary N) is 1. The van der Waals surface area contributed by atoms with E-state index in [1.807, 2.05) is 84.2 Å². The van der Waals surface area contributed by atoms with Crippen LogP contribution in [0.25, 0.3) is 0 Å². The molecule has 1 fully saturated rings. The Morgan fingerprint density at radius 1 is 0.875 bits per heavy atom. The SMILES string of the molecule is O=C1C(Cc2ccccc2)CN2C(=O)c3sccc3N(C(=O)NCc3ccncc3)C2CN1Cc1ccccc1. The zero-order valence-electron chi connectivity index (χ0n) is 21.8. The van der Waals surface area contributed by atoms with Crippen LogP contribution in [0.4, 0.5) is 10.5 Å². The Balaban J connectivity index is 1.36. The van der Waals surface area contributed by atoms with E-state index in [4.69, 9.17) is 0 Å². The highest BCUT2D eigenvalue weighted by molar-refractivity contribution is 7.12. The molecule has 202 valence electrons. The van der Waals surface area contributed by atoms with Crippen LogP contribution in [0.15, 0.2) is 96.6 Å². The summed E-state index contributed by atoms with van der Waals surface area (Å²) in [7, 11) is 0. The Morgan fingerprint density at radius 2 is 1.57 bits per heavy atom. The Labute approximate surface area is 236 Å². The lowest BCUT2D eigenvalue weighted by Crippen LogP contribution is -2.61. The first-order chi connectivity index (χ1) is 19.6. The zero-order chi connectivity index (χ0) is 27.5. The fraction of sp³-hybridized carbons (Fsp3) is 0.226. The largest absolute Gasteiger partial charge is 0.334 e. The van der Waals surface area contributed by atoms with Gasteiger partial charge >= 0.3 is 6.03 Å². The normalized spacial score (nSPS) is 18.6. The van der Waals surface area contributed by atoms with Crippen molar-refractivity contribution < 1.29 is 14.4 Å². The second kappa shape index (κ2) is 11.3. The maximum absolute atomic E-state index is 14.1. The lowest BCUT2D eigenvalue weighted by atomic mass is 9.97. The number of hydrogen-bond acceptors (Lipinski definition) is 5. The third-order valence-corrected chi connectivity index (χ3v) is 8.32. The van der Waals surface area contributed by atoms with Gasteiger partial charge in [-0.3, -0.25) is 19.5 Å². The van der Waals surface area contributed by atoms with Gasteiger partial charge in [-0.05, 0) is 46.7 Å². The van der Waals surface area contributed by atoms with E-state index in [2.05, 4.69) is 10.3 Å². The molecule has 40 heavy (non-hydrogen) atoms. The maximum atomic E-state index is 14.1. The van der Waals surface area contributed by atoms with Crippen LogP contribution in [0.2, 0.25) is 0 Å². The molecule has 6 rings (SSSR count). The minimum atomic E-state index is -0.638. The standard InChI is InChI=1S/C31H29N5O3S/c37-29-25(17-22-7-3-1-4-8-22)20-35-27(21-34(29)19-24-9-5-2-6-10-24)36(26-13-16-40-28(26)30(35)38)31(39)33-18-23-11-14-32-15-12-23/h1-16,25,27H,17-21H2,(H,33,39). The number of rotatable bonds is 6. The molecule has 4 aromatic rings. The second-order valence-corrected chi connectivity index (χ2v) is 11.0. The first-order valence-corrected chi connectivity index (χ1v) is 14.2. The summed E-state index contributed by atoms with van der Waals surface area (Å²) in [6.45, 7) is 1.16. The van der Waals surface area contributed by atoms with E-state index in [9.17, 15) is 14.4 Å². The number of urea groups is 1. The van der Waals surface area contributed by atoms with Gasteiger partial charge in [-0.25, -0.2) is 4.79 Å². The fourth-order valence-electron chi connectivity index (χ4n) is 5.47. The molecule has 8 nitrogen and oxygen atoms in total. The number of amides is 4. The average molecular weight is 552 g/mol. The number of benzene rings is 2. The van der Waals surface area contributed by atoms with Gasteiger partial charge in [0.05, 0.1) is 18.2 Å². The molecule has 4 amide bonds. The maximum Gasteiger partial charge on any atom is 0.323 e. The van der Waals surface area contributed by atoms with Gasteiger partial charge in [0.25, 0.3) is 5.91 Å². The molecule has 2 atom stereocenters. The van der Waals surface area contributed by atoms with Crippen LogP contribution >= 0.6 is 11.3 Å². The minimum absolute atomic E-state index is 0.0181. The topological polar surface area (TPSA) is 85.8 Å². The predicted molar refractivity (Wildman–Crippen MR) is 154 cm³/mol. The van der Waals surface area contributed by atoms with E-state index in [0.717, 1.165) is 16.7 Å². The smallest absolute Gasteiger partial charge is 0.323 e. The van der Waals surface area contributed by atoms with Crippen LogP contribution < -0.4 is 10.2 Å². The zero-order valence-corrected chi connectivity index (χ0v) is 22.7. The van der Waals surface area contributed by atoms with Crippen molar-refractivity contribution >= 4 is 34.9 Å². The quantitative estimate of drug-likeness (QED) is 0.381. The van der Waals surface area contributed by atoms with Gasteiger partial charge in [-0.1, -0.05) is 60.7 Å². The molecule has 2 aromatic carbocycles. The molecule has 0 saturated carbocycles. The Hall–Kier alpha value is -4.50. The molecule has 2 aliphatic rings. The van der Waals surface area contributed by atoms with Crippen LogP contribution in [0, 0.1) is 5.92 Å². The molecule has 2 aliphatic heterocycles. The number of anilines is 1. The van der Waals surface area contributed by atoms with Gasteiger partial charge < -0.3 is 15.1 Å². The van der Waals surface area contributed by atoms with Gasteiger partial charge in [-0.2, -0.15) is 0 Å². The highest BCUT2D eigenvalue weighted by Gasteiger charge is 2.47. The molecule has 9 heteroatoms. The van der Waals surface area contributed by atoms with E-state index in [0.29, 0.717) is 30.1 Å². The van der Waals surface area contributed by atoms with Crippen molar-refractivity contribution in [2.24, 2.45) is 5.92 Å². The first-order valence-electron chi connectivity index (χ1n) is 13.3. The lowest BCUT2D eigenvalue weighted by molar-refractivity contribution is -0.135. The molecule has 1 N–H and O–H groups in total. The van der Waals surface area contributed by atoms with Gasteiger partial charge in [0.1, 0.15) is 11.0 Å². The Kier molecular flexibility index (Phi) is 7.29. The Morgan fingerprint density at radius 3 is 2.30 bits per heavy atom. The average Bonchev–Trinajstić information content (AvgIpc) is 3.43. The summed E-state index contributed by atoms with van der Waals surface area (Å²) < 4.78 is 0. The summed E-state index contributed by atoms with van der Waals surface area (Å²) in [5, 5.41) is 4.86. The molecular formula is C31H29N5O3S. The van der Waals surface area contributed by atoms with Crippen LogP contribution in [-0.2, 0) is 24.3 Å². The first kappa shape index (κ1) is 25.8. The van der Waals surface area contributed by atoms with E-state index in [1.54, 1.807) is 27.1 Å². The fourth-order valence-corrected chi connectivity index (χ4v) is 6.31. The van der Waals surface area contributed by atoms with Gasteiger partial charge in [0.15, 0.2) is 0 Å². The molecule has 0 radical (unpaired) electrons. The highest BCUT2D eigenvalue weighted by Crippen LogP contribution is 2.37. The number of nitrogens with zero attached hydrogens (tertiary/aromatic N) is 4. The molecule has 2 aromatic heterocycles. The van der Waals surface area contributed by atoms with Crippen molar-refractivity contribution in [3.63, 3.8) is 0 Å². The molecule has 0 spiro atoms. The second-order valence-electron chi connectivity index (χ2n) is 10.0. The third kappa shape index (κ3) is 5.20. The van der Waals surface area contributed by atoms with Gasteiger partial charge in [0.2, 0.25) is 5.91 Å². The number of fused-ring (bicyclic) bond motifs is 2. The molecular weight excluding hydrogens is 522 g/mol. The van der Waals surface area contributed by atoms with Crippen molar-refractivity contribution in [3.05, 3.63) is 118 Å². The summed E-state index contributed by atoms with van der Waals surface area (Å²) >= 11 is 1.32. The van der Waals surface area contributed by atoms with E-state index < -0.39 is 12.1 Å². The van der Waals surface area contributed by atoms with Crippen LogP contribution in [0.1, 0.15) is 26.4 Å². The van der Waals surface area contributed by atoms with Crippen LogP contribution in [0.3, 0.4) is 0 Å². The third-order valence-electron chi connectivity index (χ3n) is 7.43. The van der Waals surface area contributed by atoms with Gasteiger partial charge in [0, 0.05) is 32.0 Å². The minimum Gasteiger partial charge on any atom is -0.334 e. The van der Waals surface area contributed by atoms with Crippen molar-refractivity contribution in [1.82, 2.24) is 20.1 Å². The number of thiophene rings is 1. The molecule has 2 unspecified atom stereocenters. The molecule has 4 heterocycles. The summed E-state index contributed by atoms with van der Waals surface area (Å²) in [4.78, 5) is 51.4. The van der Waals surface area contributed by atoms with Crippen molar-refractivity contribution in [3.8, 4) is 0 Å². The number of aromatic nitrogens is 1. The summed E-state index contributed by atoms with van der Waals surface area (Å²) in [5.74, 6) is -0.598. The molecule has 0 bridgehead atoms. The van der Waals surface area contributed by atoms with Crippen molar-refractivity contribution in [2.45, 2.75) is 25.7 Å². The monoisotopic (exact) mass is 551 g/mol. The van der Waals surface area contributed by atoms with Crippen molar-refractivity contribution in [1.29, 1.82) is 0 Å². The summed E-state index contributed by atoms with van der Waals surface area (Å²) in [5.41, 5.74) is 3.53. The summed E-state index contributed by atoms with van der Waals surface area (Å²) in [6.07, 6.45) is 3.24. The number of carbonyl (C=O) groups is 3. The van der Waals surface area contributed by atoms with E-state index in [-0.39, 0.29) is 30.9 Å². The predicted octanol–water partition coefficient (Wildman–Crippen LogP) is 4.54. The van der Waals surface area contributed by atoms with Crippen molar-refractivity contribution in [2.75, 3.05) is 18.0 Å². The van der Waals surface area contributed by atoms with E-state index in [1.165, 1.54) is 11.3 Å². The highest BCUT2D eigenvalue weighted by atomic mass is 32.1. The van der Waals surface area contributed by atoms with Gasteiger partial charge in [-0.15, -0.1) is 11.3 Å². The van der Waals surface area contributed by atoms with E-state index >= 15 is 0 Å². The Bertz CT molecular complexity index is 1500. The molecule has 1 saturated heterocycles. The number of pyridine rings is 1.